The van der Waals surface area contributed by atoms with Crippen LogP contribution in [0, 0.1) is 0 Å². The highest BCUT2D eigenvalue weighted by Gasteiger charge is 2.37. The Morgan fingerprint density at radius 1 is 1.19 bits per heavy atom. The van der Waals surface area contributed by atoms with Gasteiger partial charge in [0.1, 0.15) is 5.75 Å². The van der Waals surface area contributed by atoms with Gasteiger partial charge in [0.25, 0.3) is 0 Å². The van der Waals surface area contributed by atoms with Crippen molar-refractivity contribution >= 4 is 16.0 Å². The number of rotatable bonds is 6. The van der Waals surface area contributed by atoms with Crippen LogP contribution in [0.25, 0.3) is 0 Å². The number of sulfonamides is 1. The second kappa shape index (κ2) is 7.47. The Hall–Kier alpha value is -2.38. The predicted molar refractivity (Wildman–Crippen MR) is 96.6 cm³/mol. The molecule has 6 nitrogen and oxygen atoms in total. The molecule has 1 N–H and O–H groups in total. The molecule has 0 radical (unpaired) electrons. The van der Waals surface area contributed by atoms with Crippen molar-refractivity contribution < 1.29 is 23.1 Å². The number of carbonyl (C=O) groups is 1. The smallest absolute Gasteiger partial charge is 0.305 e. The van der Waals surface area contributed by atoms with Crippen LogP contribution in [0.1, 0.15) is 30.5 Å². The number of hydrogen-bond acceptors (Lipinski definition) is 4. The van der Waals surface area contributed by atoms with Gasteiger partial charge >= 0.3 is 5.97 Å². The summed E-state index contributed by atoms with van der Waals surface area (Å²) >= 11 is 0. The highest BCUT2D eigenvalue weighted by molar-refractivity contribution is 7.89. The zero-order valence-electron chi connectivity index (χ0n) is 14.5. The number of carboxylic acid groups (broad SMARTS) is 1. The molecule has 0 bridgehead atoms. The zero-order chi connectivity index (χ0) is 18.7. The molecule has 0 aromatic heterocycles. The van der Waals surface area contributed by atoms with Gasteiger partial charge in [0, 0.05) is 6.54 Å². The van der Waals surface area contributed by atoms with Crippen molar-refractivity contribution in [2.75, 3.05) is 13.2 Å². The van der Waals surface area contributed by atoms with Gasteiger partial charge in [-0.25, -0.2) is 8.42 Å². The Kier molecular flexibility index (Phi) is 5.29. The van der Waals surface area contributed by atoms with Crippen molar-refractivity contribution in [2.24, 2.45) is 0 Å². The number of ether oxygens (including phenoxy) is 1. The number of aliphatic carboxylic acids is 1. The van der Waals surface area contributed by atoms with Gasteiger partial charge in [-0.05, 0) is 48.7 Å². The van der Waals surface area contributed by atoms with Gasteiger partial charge in [-0.1, -0.05) is 24.3 Å². The summed E-state index contributed by atoms with van der Waals surface area (Å²) in [5, 5.41) is 9.30. The third-order valence-electron chi connectivity index (χ3n) is 4.47. The van der Waals surface area contributed by atoms with Crippen LogP contribution in [0.3, 0.4) is 0 Å². The van der Waals surface area contributed by atoms with Crippen LogP contribution >= 0.6 is 0 Å². The molecule has 2 aromatic carbocycles. The van der Waals surface area contributed by atoms with Gasteiger partial charge < -0.3 is 9.84 Å². The monoisotopic (exact) mass is 375 g/mol. The normalized spacial score (nSPS) is 17.5. The molecule has 0 spiro atoms. The molecule has 26 heavy (non-hydrogen) atoms. The van der Waals surface area contributed by atoms with Gasteiger partial charge in [-0.2, -0.15) is 4.31 Å². The lowest BCUT2D eigenvalue weighted by atomic mass is 9.92. The molecule has 0 amide bonds. The molecule has 0 aliphatic carbocycles. The minimum Gasteiger partial charge on any atom is -0.494 e. The summed E-state index contributed by atoms with van der Waals surface area (Å²) in [7, 11) is -3.82. The fraction of sp³-hybridized carbons (Fsp3) is 0.316. The summed E-state index contributed by atoms with van der Waals surface area (Å²) in [6, 6.07) is 12.9. The molecule has 0 fully saturated rings. The van der Waals surface area contributed by atoms with Crippen molar-refractivity contribution in [3.8, 4) is 5.75 Å². The largest absolute Gasteiger partial charge is 0.494 e. The van der Waals surface area contributed by atoms with E-state index in [2.05, 4.69) is 0 Å². The first-order valence-corrected chi connectivity index (χ1v) is 9.91. The topological polar surface area (TPSA) is 83.9 Å². The maximum absolute atomic E-state index is 13.2. The summed E-state index contributed by atoms with van der Waals surface area (Å²) in [5.74, 6) is -0.434. The first-order valence-electron chi connectivity index (χ1n) is 8.47. The Labute approximate surface area is 153 Å². The fourth-order valence-corrected chi connectivity index (χ4v) is 4.91. The van der Waals surface area contributed by atoms with Gasteiger partial charge in [0.05, 0.1) is 24.0 Å². The molecule has 0 unspecified atom stereocenters. The Bertz CT molecular complexity index is 892. The van der Waals surface area contributed by atoms with Crippen molar-refractivity contribution in [1.82, 2.24) is 4.31 Å². The molecule has 1 heterocycles. The number of nitrogens with zero attached hydrogens (tertiary/aromatic N) is 1. The molecule has 3 rings (SSSR count). The standard InChI is InChI=1S/C19H21NO5S/c1-2-25-15-7-9-16(10-8-15)26(23,24)20-12-11-14-5-3-4-6-17(14)18(20)13-19(21)22/h3-10,18H,2,11-13H2,1H3,(H,21,22)/t18-/m0/s1. The number of fused-ring (bicyclic) bond motifs is 1. The highest BCUT2D eigenvalue weighted by atomic mass is 32.2. The van der Waals surface area contributed by atoms with E-state index >= 15 is 0 Å². The van der Waals surface area contributed by atoms with Crippen LogP contribution in [0.2, 0.25) is 0 Å². The molecule has 0 saturated heterocycles. The summed E-state index contributed by atoms with van der Waals surface area (Å²) in [4.78, 5) is 11.5. The fourth-order valence-electron chi connectivity index (χ4n) is 3.30. The average molecular weight is 375 g/mol. The average Bonchev–Trinajstić information content (AvgIpc) is 2.62. The van der Waals surface area contributed by atoms with Crippen LogP contribution in [0.5, 0.6) is 5.75 Å². The summed E-state index contributed by atoms with van der Waals surface area (Å²) in [6.07, 6.45) is 0.288. The van der Waals surface area contributed by atoms with E-state index in [0.717, 1.165) is 11.1 Å². The van der Waals surface area contributed by atoms with E-state index in [1.807, 2.05) is 25.1 Å². The molecule has 1 atom stereocenters. The number of hydrogen-bond donors (Lipinski definition) is 1. The van der Waals surface area contributed by atoms with E-state index < -0.39 is 22.0 Å². The summed E-state index contributed by atoms with van der Waals surface area (Å²) < 4.78 is 33.0. The van der Waals surface area contributed by atoms with Gasteiger partial charge in [0.15, 0.2) is 0 Å². The highest BCUT2D eigenvalue weighted by Crippen LogP contribution is 2.36. The lowest BCUT2D eigenvalue weighted by Gasteiger charge is -2.35. The molecule has 138 valence electrons. The van der Waals surface area contributed by atoms with E-state index in [4.69, 9.17) is 4.74 Å². The number of benzene rings is 2. The molecule has 0 saturated carbocycles. The van der Waals surface area contributed by atoms with E-state index in [9.17, 15) is 18.3 Å². The Morgan fingerprint density at radius 3 is 2.54 bits per heavy atom. The van der Waals surface area contributed by atoms with Crippen LogP contribution in [0.4, 0.5) is 0 Å². The van der Waals surface area contributed by atoms with E-state index in [1.165, 1.54) is 16.4 Å². The first kappa shape index (κ1) is 18.4. The Balaban J connectivity index is 1.98. The van der Waals surface area contributed by atoms with Crippen LogP contribution in [0.15, 0.2) is 53.4 Å². The van der Waals surface area contributed by atoms with Crippen molar-refractivity contribution in [3.63, 3.8) is 0 Å². The van der Waals surface area contributed by atoms with Crippen molar-refractivity contribution in [1.29, 1.82) is 0 Å². The molecule has 1 aliphatic heterocycles. The SMILES string of the molecule is CCOc1ccc(S(=O)(=O)N2CCc3ccccc3[C@@H]2CC(=O)O)cc1. The molecule has 2 aromatic rings. The zero-order valence-corrected chi connectivity index (χ0v) is 15.3. The second-order valence-electron chi connectivity index (χ2n) is 6.08. The predicted octanol–water partition coefficient (Wildman–Crippen LogP) is 2.85. The maximum Gasteiger partial charge on any atom is 0.305 e. The molecule has 1 aliphatic rings. The molecule has 7 heteroatoms. The first-order chi connectivity index (χ1) is 12.4. The minimum atomic E-state index is -3.82. The molecular formula is C19H21NO5S. The van der Waals surface area contributed by atoms with Gasteiger partial charge in [-0.3, -0.25) is 4.79 Å². The van der Waals surface area contributed by atoms with Crippen LogP contribution < -0.4 is 4.74 Å². The maximum atomic E-state index is 13.2. The van der Waals surface area contributed by atoms with Crippen molar-refractivity contribution in [3.05, 3.63) is 59.7 Å². The summed E-state index contributed by atoms with van der Waals surface area (Å²) in [6.45, 7) is 2.60. The van der Waals surface area contributed by atoms with E-state index in [1.54, 1.807) is 18.2 Å². The minimum absolute atomic E-state index is 0.135. The summed E-state index contributed by atoms with van der Waals surface area (Å²) in [5.41, 5.74) is 1.76. The quantitative estimate of drug-likeness (QED) is 0.839. The Morgan fingerprint density at radius 2 is 1.88 bits per heavy atom. The van der Waals surface area contributed by atoms with Gasteiger partial charge in [-0.15, -0.1) is 0 Å². The second-order valence-corrected chi connectivity index (χ2v) is 7.97. The van der Waals surface area contributed by atoms with Crippen LogP contribution in [-0.4, -0.2) is 37.0 Å². The lowest BCUT2D eigenvalue weighted by molar-refractivity contribution is -0.138. The third-order valence-corrected chi connectivity index (χ3v) is 6.39. The molecular weight excluding hydrogens is 354 g/mol. The van der Waals surface area contributed by atoms with E-state index in [-0.39, 0.29) is 17.9 Å². The third kappa shape index (κ3) is 3.59. The van der Waals surface area contributed by atoms with Gasteiger partial charge in [0.2, 0.25) is 10.0 Å². The van der Waals surface area contributed by atoms with Crippen LogP contribution in [-0.2, 0) is 21.2 Å². The lowest BCUT2D eigenvalue weighted by Crippen LogP contribution is -2.40. The number of carboxylic acids is 1. The van der Waals surface area contributed by atoms with E-state index in [0.29, 0.717) is 18.8 Å². The van der Waals surface area contributed by atoms with Crippen molar-refractivity contribution in [2.45, 2.75) is 30.7 Å².